The summed E-state index contributed by atoms with van der Waals surface area (Å²) in [6.45, 7) is 6.15. The van der Waals surface area contributed by atoms with Crippen LogP contribution >= 0.6 is 0 Å². The summed E-state index contributed by atoms with van der Waals surface area (Å²) in [5, 5.41) is 0. The zero-order valence-electron chi connectivity index (χ0n) is 18.4. The molecule has 4 rings (SSSR count). The Morgan fingerprint density at radius 3 is 2.38 bits per heavy atom. The molecule has 0 bridgehead atoms. The zero-order valence-corrected chi connectivity index (χ0v) is 18.4. The Morgan fingerprint density at radius 1 is 0.938 bits per heavy atom. The normalized spacial score (nSPS) is 19.5. The molecule has 2 aromatic rings. The van der Waals surface area contributed by atoms with Gasteiger partial charge in [-0.25, -0.2) is 0 Å². The SMILES string of the molecule is C=CCCC1CCC(COc2cc3c(c(F)c2F)Oc2c(ccc(OCC)c2F)C3)CC1. The van der Waals surface area contributed by atoms with Crippen molar-refractivity contribution in [2.75, 3.05) is 13.2 Å². The first-order valence-electron chi connectivity index (χ1n) is 11.4. The van der Waals surface area contributed by atoms with Crippen LogP contribution in [0.4, 0.5) is 13.2 Å². The van der Waals surface area contributed by atoms with Gasteiger partial charge in [0.1, 0.15) is 0 Å². The largest absolute Gasteiger partial charge is 0.491 e. The first kappa shape index (κ1) is 22.6. The zero-order chi connectivity index (χ0) is 22.7. The Hall–Kier alpha value is -2.63. The molecule has 0 saturated heterocycles. The molecule has 1 aliphatic heterocycles. The smallest absolute Gasteiger partial charge is 0.207 e. The van der Waals surface area contributed by atoms with Crippen molar-refractivity contribution in [1.82, 2.24) is 0 Å². The highest BCUT2D eigenvalue weighted by atomic mass is 19.2. The fraction of sp³-hybridized carbons (Fsp3) is 0.462. The molecule has 1 saturated carbocycles. The average Bonchev–Trinajstić information content (AvgIpc) is 2.81. The summed E-state index contributed by atoms with van der Waals surface area (Å²) in [5.41, 5.74) is 0.983. The molecule has 1 heterocycles. The number of halogens is 3. The van der Waals surface area contributed by atoms with E-state index in [1.807, 2.05) is 6.08 Å². The lowest BCUT2D eigenvalue weighted by molar-refractivity contribution is 0.173. The minimum Gasteiger partial charge on any atom is -0.491 e. The van der Waals surface area contributed by atoms with Crippen molar-refractivity contribution >= 4 is 0 Å². The van der Waals surface area contributed by atoms with Gasteiger partial charge in [0.05, 0.1) is 13.2 Å². The highest BCUT2D eigenvalue weighted by Gasteiger charge is 2.30. The molecule has 0 spiro atoms. The molecule has 32 heavy (non-hydrogen) atoms. The molecule has 0 atom stereocenters. The van der Waals surface area contributed by atoms with Crippen LogP contribution in [0.15, 0.2) is 30.9 Å². The lowest BCUT2D eigenvalue weighted by Gasteiger charge is -2.28. The highest BCUT2D eigenvalue weighted by molar-refractivity contribution is 5.55. The van der Waals surface area contributed by atoms with Crippen molar-refractivity contribution in [3.63, 3.8) is 0 Å². The van der Waals surface area contributed by atoms with E-state index < -0.39 is 17.5 Å². The van der Waals surface area contributed by atoms with Crippen LogP contribution in [-0.4, -0.2) is 13.2 Å². The Kier molecular flexibility index (Phi) is 6.97. The first-order chi connectivity index (χ1) is 15.5. The van der Waals surface area contributed by atoms with E-state index >= 15 is 0 Å². The fourth-order valence-electron chi connectivity index (χ4n) is 4.63. The second-order valence-corrected chi connectivity index (χ2v) is 8.63. The first-order valence-corrected chi connectivity index (χ1v) is 11.4. The van der Waals surface area contributed by atoms with E-state index in [1.165, 1.54) is 12.1 Å². The molecular weight excluding hydrogens is 417 g/mol. The second-order valence-electron chi connectivity index (χ2n) is 8.63. The Balaban J connectivity index is 1.45. The van der Waals surface area contributed by atoms with Gasteiger partial charge in [0.2, 0.25) is 17.5 Å². The maximum atomic E-state index is 14.8. The molecule has 0 aromatic heterocycles. The molecule has 2 aliphatic rings. The average molecular weight is 447 g/mol. The van der Waals surface area contributed by atoms with Gasteiger partial charge in [-0.15, -0.1) is 6.58 Å². The maximum Gasteiger partial charge on any atom is 0.207 e. The van der Waals surface area contributed by atoms with E-state index in [2.05, 4.69) is 6.58 Å². The molecule has 3 nitrogen and oxygen atoms in total. The minimum atomic E-state index is -1.16. The Bertz CT molecular complexity index is 981. The lowest BCUT2D eigenvalue weighted by Crippen LogP contribution is -2.20. The van der Waals surface area contributed by atoms with E-state index in [1.54, 1.807) is 13.0 Å². The lowest BCUT2D eigenvalue weighted by atomic mass is 9.80. The molecule has 2 aromatic carbocycles. The summed E-state index contributed by atoms with van der Waals surface area (Å²) in [5.74, 6) is -2.44. The molecule has 0 radical (unpaired) electrons. The van der Waals surface area contributed by atoms with Crippen LogP contribution in [0.5, 0.6) is 23.0 Å². The van der Waals surface area contributed by atoms with Crippen LogP contribution in [-0.2, 0) is 6.42 Å². The van der Waals surface area contributed by atoms with Gasteiger partial charge in [0, 0.05) is 17.5 Å². The van der Waals surface area contributed by atoms with E-state index in [4.69, 9.17) is 14.2 Å². The van der Waals surface area contributed by atoms with Crippen molar-refractivity contribution in [3.8, 4) is 23.0 Å². The summed E-state index contributed by atoms with van der Waals surface area (Å²) in [4.78, 5) is 0. The van der Waals surface area contributed by atoms with Gasteiger partial charge in [-0.2, -0.15) is 13.2 Å². The van der Waals surface area contributed by atoms with Crippen molar-refractivity contribution in [2.24, 2.45) is 11.8 Å². The highest BCUT2D eigenvalue weighted by Crippen LogP contribution is 2.45. The van der Waals surface area contributed by atoms with Gasteiger partial charge in [0.15, 0.2) is 23.0 Å². The quantitative estimate of drug-likeness (QED) is 0.339. The number of hydrogen-bond donors (Lipinski definition) is 0. The number of hydrogen-bond acceptors (Lipinski definition) is 3. The van der Waals surface area contributed by atoms with Crippen LogP contribution in [0, 0.1) is 29.3 Å². The molecule has 0 amide bonds. The van der Waals surface area contributed by atoms with Crippen molar-refractivity contribution in [3.05, 3.63) is 59.4 Å². The molecule has 6 heteroatoms. The van der Waals surface area contributed by atoms with E-state index in [0.29, 0.717) is 29.6 Å². The minimum absolute atomic E-state index is 0.0229. The summed E-state index contributed by atoms with van der Waals surface area (Å²) >= 11 is 0. The Labute approximate surface area is 187 Å². The fourth-order valence-corrected chi connectivity index (χ4v) is 4.63. The van der Waals surface area contributed by atoms with E-state index in [-0.39, 0.29) is 36.0 Å². The van der Waals surface area contributed by atoms with E-state index in [9.17, 15) is 13.2 Å². The molecule has 1 fully saturated rings. The Morgan fingerprint density at radius 2 is 1.66 bits per heavy atom. The van der Waals surface area contributed by atoms with Gasteiger partial charge in [-0.1, -0.05) is 25.0 Å². The van der Waals surface area contributed by atoms with Crippen LogP contribution in [0.1, 0.15) is 56.6 Å². The summed E-state index contributed by atoms with van der Waals surface area (Å²) < 4.78 is 60.6. The van der Waals surface area contributed by atoms with Crippen LogP contribution in [0.3, 0.4) is 0 Å². The predicted octanol–water partition coefficient (Wildman–Crippen LogP) is 7.35. The molecule has 172 valence electrons. The second kappa shape index (κ2) is 9.88. The standard InChI is InChI=1S/C26H29F3O3/c1-3-5-6-16-7-9-17(10-8-16)15-31-21-14-19-13-18-11-12-20(30-4-2)23(28)25(18)32-26(19)24(29)22(21)27/h3,11-12,14,16-17H,1,4-10,13,15H2,2H3. The van der Waals surface area contributed by atoms with Gasteiger partial charge >= 0.3 is 0 Å². The third kappa shape index (κ3) is 4.59. The molecule has 1 aliphatic carbocycles. The number of ether oxygens (including phenoxy) is 3. The third-order valence-corrected chi connectivity index (χ3v) is 6.45. The number of allylic oxidation sites excluding steroid dienone is 1. The molecular formula is C26H29F3O3. The molecule has 0 N–H and O–H groups in total. The van der Waals surface area contributed by atoms with Crippen LogP contribution in [0.25, 0.3) is 0 Å². The van der Waals surface area contributed by atoms with E-state index in [0.717, 1.165) is 38.5 Å². The van der Waals surface area contributed by atoms with Crippen molar-refractivity contribution < 1.29 is 27.4 Å². The van der Waals surface area contributed by atoms with Gasteiger partial charge in [0.25, 0.3) is 0 Å². The monoisotopic (exact) mass is 446 g/mol. The number of rotatable bonds is 8. The van der Waals surface area contributed by atoms with Crippen molar-refractivity contribution in [2.45, 2.75) is 51.9 Å². The molecule has 0 unspecified atom stereocenters. The maximum absolute atomic E-state index is 14.8. The van der Waals surface area contributed by atoms with Gasteiger partial charge in [-0.3, -0.25) is 0 Å². The number of benzene rings is 2. The number of fused-ring (bicyclic) bond motifs is 2. The van der Waals surface area contributed by atoms with Crippen molar-refractivity contribution in [1.29, 1.82) is 0 Å². The van der Waals surface area contributed by atoms with Crippen LogP contribution in [0.2, 0.25) is 0 Å². The topological polar surface area (TPSA) is 27.7 Å². The third-order valence-electron chi connectivity index (χ3n) is 6.45. The summed E-state index contributed by atoms with van der Waals surface area (Å²) in [7, 11) is 0. The van der Waals surface area contributed by atoms with Gasteiger partial charge < -0.3 is 14.2 Å². The summed E-state index contributed by atoms with van der Waals surface area (Å²) in [6, 6.07) is 4.68. The van der Waals surface area contributed by atoms with Crippen LogP contribution < -0.4 is 14.2 Å². The van der Waals surface area contributed by atoms with Gasteiger partial charge in [-0.05, 0) is 56.6 Å². The predicted molar refractivity (Wildman–Crippen MR) is 117 cm³/mol. The summed E-state index contributed by atoms with van der Waals surface area (Å²) in [6.07, 6.45) is 8.67.